The molecular formula is C21H24N6O3. The predicted molar refractivity (Wildman–Crippen MR) is 109 cm³/mol. The highest BCUT2D eigenvalue weighted by molar-refractivity contribution is 5.92. The van der Waals surface area contributed by atoms with E-state index in [9.17, 15) is 9.59 Å². The summed E-state index contributed by atoms with van der Waals surface area (Å²) in [5.41, 5.74) is -0.00764. The van der Waals surface area contributed by atoms with E-state index in [0.717, 1.165) is 24.4 Å². The van der Waals surface area contributed by atoms with E-state index in [4.69, 9.17) is 4.74 Å². The van der Waals surface area contributed by atoms with Crippen LogP contribution in [0.5, 0.6) is 5.75 Å². The molecule has 2 aromatic heterocycles. The van der Waals surface area contributed by atoms with Crippen molar-refractivity contribution in [3.8, 4) is 5.75 Å². The Morgan fingerprint density at radius 3 is 2.80 bits per heavy atom. The highest BCUT2D eigenvalue weighted by atomic mass is 16.5. The minimum absolute atomic E-state index is 0.139. The highest BCUT2D eigenvalue weighted by Crippen LogP contribution is 2.25. The number of rotatable bonds is 6. The van der Waals surface area contributed by atoms with Crippen LogP contribution in [-0.4, -0.2) is 55.0 Å². The second-order valence-electron chi connectivity index (χ2n) is 7.33. The van der Waals surface area contributed by atoms with Crippen LogP contribution in [0.1, 0.15) is 35.1 Å². The third-order valence-corrected chi connectivity index (χ3v) is 5.22. The molecule has 1 fully saturated rings. The Hall–Kier alpha value is -3.49. The van der Waals surface area contributed by atoms with Gasteiger partial charge in [0.15, 0.2) is 0 Å². The van der Waals surface area contributed by atoms with E-state index in [-0.39, 0.29) is 36.2 Å². The van der Waals surface area contributed by atoms with Crippen LogP contribution in [0.2, 0.25) is 0 Å². The first-order valence-electron chi connectivity index (χ1n) is 10.0. The summed E-state index contributed by atoms with van der Waals surface area (Å²) >= 11 is 0. The minimum atomic E-state index is -0.265. The highest BCUT2D eigenvalue weighted by Gasteiger charge is 2.28. The summed E-state index contributed by atoms with van der Waals surface area (Å²) in [6.07, 6.45) is 3.51. The third-order valence-electron chi connectivity index (χ3n) is 5.22. The topological polar surface area (TPSA) is 95.1 Å². The number of nitrogens with zero attached hydrogens (tertiary/aromatic N) is 6. The van der Waals surface area contributed by atoms with Crippen LogP contribution in [0.25, 0.3) is 0 Å². The van der Waals surface area contributed by atoms with E-state index >= 15 is 0 Å². The first kappa shape index (κ1) is 19.8. The number of aryl methyl sites for hydroxylation is 1. The molecule has 0 spiro atoms. The fourth-order valence-corrected chi connectivity index (χ4v) is 3.69. The fraction of sp³-hybridized carbons (Fsp3) is 0.381. The molecule has 156 valence electrons. The van der Waals surface area contributed by atoms with Crippen LogP contribution >= 0.6 is 0 Å². The van der Waals surface area contributed by atoms with Crippen molar-refractivity contribution in [2.45, 2.75) is 25.3 Å². The van der Waals surface area contributed by atoms with Gasteiger partial charge < -0.3 is 14.2 Å². The maximum atomic E-state index is 13.0. The molecule has 0 saturated carbocycles. The maximum absolute atomic E-state index is 13.0. The Bertz CT molecular complexity index is 1060. The lowest BCUT2D eigenvalue weighted by Gasteiger charge is -2.32. The third kappa shape index (κ3) is 4.40. The molecule has 9 nitrogen and oxygen atoms in total. The minimum Gasteiger partial charge on any atom is -0.492 e. The number of amides is 1. The molecule has 1 aliphatic heterocycles. The lowest BCUT2D eigenvalue weighted by molar-refractivity contribution is 0.0694. The quantitative estimate of drug-likeness (QED) is 0.613. The molecule has 1 amide bonds. The van der Waals surface area contributed by atoms with E-state index in [1.807, 2.05) is 41.9 Å². The van der Waals surface area contributed by atoms with E-state index in [2.05, 4.69) is 15.3 Å². The second kappa shape index (κ2) is 8.89. The van der Waals surface area contributed by atoms with Gasteiger partial charge >= 0.3 is 0 Å². The van der Waals surface area contributed by atoms with E-state index in [0.29, 0.717) is 13.1 Å². The van der Waals surface area contributed by atoms with Crippen molar-refractivity contribution in [1.82, 2.24) is 29.4 Å². The van der Waals surface area contributed by atoms with Crippen molar-refractivity contribution < 1.29 is 9.53 Å². The van der Waals surface area contributed by atoms with Gasteiger partial charge in [-0.1, -0.05) is 18.2 Å². The number of ether oxygens (including phenoxy) is 1. The van der Waals surface area contributed by atoms with Crippen LogP contribution in [0.15, 0.2) is 53.6 Å². The number of piperidine rings is 1. The van der Waals surface area contributed by atoms with Gasteiger partial charge in [0.1, 0.15) is 30.2 Å². The second-order valence-corrected chi connectivity index (χ2v) is 7.33. The van der Waals surface area contributed by atoms with Crippen LogP contribution in [0.4, 0.5) is 0 Å². The largest absolute Gasteiger partial charge is 0.492 e. The summed E-state index contributed by atoms with van der Waals surface area (Å²) in [4.78, 5) is 27.0. The monoisotopic (exact) mass is 408 g/mol. The smallest absolute Gasteiger partial charge is 0.274 e. The molecule has 0 bridgehead atoms. The van der Waals surface area contributed by atoms with E-state index < -0.39 is 0 Å². The van der Waals surface area contributed by atoms with Gasteiger partial charge in [0, 0.05) is 32.1 Å². The number of benzene rings is 1. The molecule has 0 unspecified atom stereocenters. The first-order valence-corrected chi connectivity index (χ1v) is 10.0. The normalized spacial score (nSPS) is 16.4. The molecule has 1 atom stereocenters. The number of para-hydroxylation sites is 1. The molecule has 0 N–H and O–H groups in total. The standard InChI is InChI=1S/C21H24N6O3/c1-25-15-22-23-20(25)16-6-5-11-26(14-16)21(29)18-9-10-19(28)27(24-18)12-13-30-17-7-3-2-4-8-17/h2-4,7-10,15-16H,5-6,11-14H2,1H3/t16-/m0/s1. The van der Waals surface area contributed by atoms with E-state index in [1.165, 1.54) is 16.8 Å². The Morgan fingerprint density at radius 1 is 1.20 bits per heavy atom. The number of hydrogen-bond donors (Lipinski definition) is 0. The Balaban J connectivity index is 1.43. The molecule has 0 radical (unpaired) electrons. The Morgan fingerprint density at radius 2 is 2.03 bits per heavy atom. The van der Waals surface area contributed by atoms with Crippen LogP contribution in [0.3, 0.4) is 0 Å². The predicted octanol–water partition coefficient (Wildman–Crippen LogP) is 1.47. The molecule has 30 heavy (non-hydrogen) atoms. The van der Waals surface area contributed by atoms with Gasteiger partial charge in [-0.25, -0.2) is 4.68 Å². The number of hydrogen-bond acceptors (Lipinski definition) is 6. The zero-order valence-electron chi connectivity index (χ0n) is 16.8. The first-order chi connectivity index (χ1) is 14.6. The summed E-state index contributed by atoms with van der Waals surface area (Å²) in [5, 5.41) is 12.4. The summed E-state index contributed by atoms with van der Waals surface area (Å²) in [5.74, 6) is 1.56. The molecule has 1 saturated heterocycles. The zero-order valence-corrected chi connectivity index (χ0v) is 16.8. The van der Waals surface area contributed by atoms with Gasteiger partial charge in [0.05, 0.1) is 6.54 Å². The molecular weight excluding hydrogens is 384 g/mol. The SMILES string of the molecule is Cn1cnnc1[C@H]1CCCN(C(=O)c2ccc(=O)n(CCOc3ccccc3)n2)C1. The van der Waals surface area contributed by atoms with Crippen LogP contribution < -0.4 is 10.3 Å². The number of carbonyl (C=O) groups excluding carboxylic acids is 1. The molecule has 0 aliphatic carbocycles. The van der Waals surface area contributed by atoms with Crippen molar-refractivity contribution >= 4 is 5.91 Å². The van der Waals surface area contributed by atoms with Gasteiger partial charge in [-0.05, 0) is 31.0 Å². The van der Waals surface area contributed by atoms with Gasteiger partial charge in [0.2, 0.25) is 0 Å². The van der Waals surface area contributed by atoms with Gasteiger partial charge in [-0.3, -0.25) is 9.59 Å². The van der Waals surface area contributed by atoms with Crippen LogP contribution in [-0.2, 0) is 13.6 Å². The summed E-state index contributed by atoms with van der Waals surface area (Å²) in [7, 11) is 1.91. The summed E-state index contributed by atoms with van der Waals surface area (Å²) in [6.45, 7) is 1.76. The fourth-order valence-electron chi connectivity index (χ4n) is 3.69. The van der Waals surface area contributed by atoms with Crippen molar-refractivity contribution in [2.24, 2.45) is 7.05 Å². The summed E-state index contributed by atoms with van der Waals surface area (Å²) < 4.78 is 8.81. The molecule has 4 rings (SSSR count). The zero-order chi connectivity index (χ0) is 20.9. The van der Waals surface area contributed by atoms with Crippen molar-refractivity contribution in [2.75, 3.05) is 19.7 Å². The number of aromatic nitrogens is 5. The van der Waals surface area contributed by atoms with Gasteiger partial charge in [0.25, 0.3) is 11.5 Å². The van der Waals surface area contributed by atoms with Crippen LogP contribution in [0, 0.1) is 0 Å². The average molecular weight is 408 g/mol. The summed E-state index contributed by atoms with van der Waals surface area (Å²) in [6, 6.07) is 12.2. The molecule has 1 aliphatic rings. The van der Waals surface area contributed by atoms with Gasteiger partial charge in [-0.15, -0.1) is 10.2 Å². The molecule has 1 aromatic carbocycles. The lowest BCUT2D eigenvalue weighted by Crippen LogP contribution is -2.41. The Labute approximate surface area is 173 Å². The lowest BCUT2D eigenvalue weighted by atomic mass is 9.97. The van der Waals surface area contributed by atoms with Crippen molar-refractivity contribution in [3.05, 3.63) is 70.7 Å². The molecule has 3 aromatic rings. The number of likely N-dealkylation sites (tertiary alicyclic amines) is 1. The van der Waals surface area contributed by atoms with Crippen molar-refractivity contribution in [1.29, 1.82) is 0 Å². The Kier molecular flexibility index (Phi) is 5.87. The molecule has 9 heteroatoms. The number of carbonyl (C=O) groups is 1. The van der Waals surface area contributed by atoms with E-state index in [1.54, 1.807) is 11.2 Å². The maximum Gasteiger partial charge on any atom is 0.274 e. The molecule has 3 heterocycles. The van der Waals surface area contributed by atoms with Gasteiger partial charge in [-0.2, -0.15) is 5.10 Å². The average Bonchev–Trinajstić information content (AvgIpc) is 3.21. The van der Waals surface area contributed by atoms with Crippen molar-refractivity contribution in [3.63, 3.8) is 0 Å².